The van der Waals surface area contributed by atoms with Crippen molar-refractivity contribution in [3.05, 3.63) is 76.2 Å². The molecular weight excluding hydrogens is 402 g/mol. The SMILES string of the molecule is Cc1ccc([S@@](=O)C[C@@H]2OC(C)(C)O[C@H]2[C@@H](COCc2ccccc2)N=[N+]=[N-])cc1. The van der Waals surface area contributed by atoms with Crippen LogP contribution >= 0.6 is 0 Å². The number of nitrogens with zero attached hydrogens (tertiary/aromatic N) is 3. The molecule has 8 heteroatoms. The summed E-state index contributed by atoms with van der Waals surface area (Å²) in [6.07, 6.45) is -1.04. The summed E-state index contributed by atoms with van der Waals surface area (Å²) >= 11 is 0. The minimum atomic E-state index is -1.27. The second-order valence-electron chi connectivity index (χ2n) is 7.74. The fraction of sp³-hybridized carbons (Fsp3) is 0.455. The number of hydrogen-bond acceptors (Lipinski definition) is 5. The maximum atomic E-state index is 12.9. The molecule has 0 unspecified atom stereocenters. The van der Waals surface area contributed by atoms with Gasteiger partial charge in [-0.15, -0.1) is 0 Å². The Morgan fingerprint density at radius 1 is 1.17 bits per heavy atom. The van der Waals surface area contributed by atoms with Crippen molar-refractivity contribution in [2.45, 2.75) is 56.3 Å². The third-order valence-corrected chi connectivity index (χ3v) is 6.23. The summed E-state index contributed by atoms with van der Waals surface area (Å²) < 4.78 is 30.7. The van der Waals surface area contributed by atoms with Gasteiger partial charge in [0.15, 0.2) is 5.79 Å². The molecule has 0 amide bonds. The van der Waals surface area contributed by atoms with Crippen molar-refractivity contribution >= 4 is 10.8 Å². The van der Waals surface area contributed by atoms with Gasteiger partial charge in [0, 0.05) is 9.81 Å². The summed E-state index contributed by atoms with van der Waals surface area (Å²) in [7, 11) is -1.27. The van der Waals surface area contributed by atoms with Gasteiger partial charge in [0.2, 0.25) is 0 Å². The number of azide groups is 1. The molecule has 160 valence electrons. The highest BCUT2D eigenvalue weighted by atomic mass is 32.2. The van der Waals surface area contributed by atoms with E-state index in [9.17, 15) is 4.21 Å². The molecule has 0 spiro atoms. The monoisotopic (exact) mass is 429 g/mol. The first-order valence-corrected chi connectivity index (χ1v) is 11.2. The van der Waals surface area contributed by atoms with Gasteiger partial charge in [-0.1, -0.05) is 53.1 Å². The van der Waals surface area contributed by atoms with Gasteiger partial charge in [0.1, 0.15) is 0 Å². The molecule has 30 heavy (non-hydrogen) atoms. The third-order valence-electron chi connectivity index (χ3n) is 4.80. The molecule has 0 saturated carbocycles. The largest absolute Gasteiger partial charge is 0.376 e. The minimum absolute atomic E-state index is 0.177. The van der Waals surface area contributed by atoms with Crippen LogP contribution < -0.4 is 0 Å². The van der Waals surface area contributed by atoms with Gasteiger partial charge >= 0.3 is 0 Å². The first kappa shape index (κ1) is 22.5. The van der Waals surface area contributed by atoms with Crippen LogP contribution in [-0.4, -0.2) is 40.6 Å². The molecule has 1 heterocycles. The average Bonchev–Trinajstić information content (AvgIpc) is 3.02. The summed E-state index contributed by atoms with van der Waals surface area (Å²) in [5.41, 5.74) is 11.2. The fourth-order valence-electron chi connectivity index (χ4n) is 3.39. The van der Waals surface area contributed by atoms with E-state index in [2.05, 4.69) is 10.0 Å². The van der Waals surface area contributed by atoms with Crippen molar-refractivity contribution in [1.82, 2.24) is 0 Å². The number of ether oxygens (including phenoxy) is 3. The summed E-state index contributed by atoms with van der Waals surface area (Å²) in [5.74, 6) is -0.622. The summed E-state index contributed by atoms with van der Waals surface area (Å²) in [4.78, 5) is 3.70. The van der Waals surface area contributed by atoms with Crippen molar-refractivity contribution in [3.63, 3.8) is 0 Å². The first-order valence-electron chi connectivity index (χ1n) is 9.84. The van der Waals surface area contributed by atoms with Crippen LogP contribution in [-0.2, 0) is 31.6 Å². The van der Waals surface area contributed by atoms with E-state index in [0.717, 1.165) is 16.0 Å². The fourth-order valence-corrected chi connectivity index (χ4v) is 4.57. The Kier molecular flexibility index (Phi) is 7.64. The van der Waals surface area contributed by atoms with Gasteiger partial charge in [-0.2, -0.15) is 0 Å². The molecule has 1 saturated heterocycles. The van der Waals surface area contributed by atoms with Gasteiger partial charge in [-0.05, 0) is 44.0 Å². The van der Waals surface area contributed by atoms with Gasteiger partial charge < -0.3 is 14.2 Å². The zero-order valence-corrected chi connectivity index (χ0v) is 18.2. The minimum Gasteiger partial charge on any atom is -0.376 e. The number of hydrogen-bond donors (Lipinski definition) is 0. The maximum absolute atomic E-state index is 12.9. The van der Waals surface area contributed by atoms with Crippen molar-refractivity contribution in [3.8, 4) is 0 Å². The molecule has 0 N–H and O–H groups in total. The Morgan fingerprint density at radius 3 is 2.53 bits per heavy atom. The van der Waals surface area contributed by atoms with E-state index in [0.29, 0.717) is 6.61 Å². The van der Waals surface area contributed by atoms with Crippen LogP contribution in [0, 0.1) is 6.92 Å². The molecule has 2 aromatic rings. The quantitative estimate of drug-likeness (QED) is 0.333. The summed E-state index contributed by atoms with van der Waals surface area (Å²) in [6.45, 7) is 6.16. The van der Waals surface area contributed by atoms with E-state index in [1.165, 1.54) is 0 Å². The molecular formula is C22H27N3O4S. The van der Waals surface area contributed by atoms with Crippen LogP contribution in [0.15, 0.2) is 64.6 Å². The lowest BCUT2D eigenvalue weighted by Crippen LogP contribution is -2.39. The zero-order chi connectivity index (χ0) is 21.6. The van der Waals surface area contributed by atoms with Crippen LogP contribution in [0.3, 0.4) is 0 Å². The van der Waals surface area contributed by atoms with Crippen molar-refractivity contribution < 1.29 is 18.4 Å². The van der Waals surface area contributed by atoms with Gasteiger partial charge in [0.25, 0.3) is 0 Å². The maximum Gasteiger partial charge on any atom is 0.163 e. The number of rotatable bonds is 9. The van der Waals surface area contributed by atoms with E-state index in [-0.39, 0.29) is 12.4 Å². The predicted octanol–water partition coefficient (Wildman–Crippen LogP) is 4.52. The van der Waals surface area contributed by atoms with E-state index < -0.39 is 34.8 Å². The Morgan fingerprint density at radius 2 is 1.87 bits per heavy atom. The van der Waals surface area contributed by atoms with Crippen LogP contribution in [0.1, 0.15) is 25.0 Å². The highest BCUT2D eigenvalue weighted by Crippen LogP contribution is 2.32. The van der Waals surface area contributed by atoms with E-state index in [4.69, 9.17) is 19.7 Å². The van der Waals surface area contributed by atoms with Crippen molar-refractivity contribution in [2.24, 2.45) is 5.11 Å². The molecule has 2 aromatic carbocycles. The summed E-state index contributed by atoms with van der Waals surface area (Å²) in [6, 6.07) is 16.7. The molecule has 0 radical (unpaired) electrons. The Hall–Kier alpha value is -2.22. The molecule has 0 aromatic heterocycles. The van der Waals surface area contributed by atoms with Gasteiger partial charge in [0.05, 0.1) is 48.0 Å². The van der Waals surface area contributed by atoms with Crippen LogP contribution in [0.5, 0.6) is 0 Å². The lowest BCUT2D eigenvalue weighted by molar-refractivity contribution is -0.147. The van der Waals surface area contributed by atoms with E-state index >= 15 is 0 Å². The number of benzene rings is 2. The van der Waals surface area contributed by atoms with Gasteiger partial charge in [-0.25, -0.2) is 0 Å². The molecule has 4 atom stereocenters. The molecule has 0 aliphatic carbocycles. The van der Waals surface area contributed by atoms with Crippen LogP contribution in [0.4, 0.5) is 0 Å². The first-order chi connectivity index (χ1) is 14.4. The lowest BCUT2D eigenvalue weighted by atomic mass is 10.1. The van der Waals surface area contributed by atoms with Gasteiger partial charge in [-0.3, -0.25) is 4.21 Å². The molecule has 1 aliphatic rings. The predicted molar refractivity (Wildman–Crippen MR) is 115 cm³/mol. The molecule has 3 rings (SSSR count). The lowest BCUT2D eigenvalue weighted by Gasteiger charge is -2.23. The van der Waals surface area contributed by atoms with E-state index in [1.54, 1.807) is 13.8 Å². The molecule has 7 nitrogen and oxygen atoms in total. The smallest absolute Gasteiger partial charge is 0.163 e. The van der Waals surface area contributed by atoms with E-state index in [1.807, 2.05) is 61.5 Å². The second kappa shape index (κ2) is 10.2. The Labute approximate surface area is 179 Å². The zero-order valence-electron chi connectivity index (χ0n) is 17.4. The van der Waals surface area contributed by atoms with Crippen molar-refractivity contribution in [1.29, 1.82) is 0 Å². The molecule has 0 bridgehead atoms. The topological polar surface area (TPSA) is 93.5 Å². The van der Waals surface area contributed by atoms with Crippen molar-refractivity contribution in [2.75, 3.05) is 12.4 Å². The average molecular weight is 430 g/mol. The summed E-state index contributed by atoms with van der Waals surface area (Å²) in [5, 5.41) is 3.90. The highest BCUT2D eigenvalue weighted by molar-refractivity contribution is 7.85. The van der Waals surface area contributed by atoms with Crippen LogP contribution in [0.25, 0.3) is 10.4 Å². The molecule has 1 aliphatic heterocycles. The third kappa shape index (κ3) is 6.14. The second-order valence-corrected chi connectivity index (χ2v) is 9.23. The van der Waals surface area contributed by atoms with Crippen LogP contribution in [0.2, 0.25) is 0 Å². The Bertz CT molecular complexity index is 898. The number of aryl methyl sites for hydroxylation is 1. The molecule has 1 fully saturated rings. The Balaban J connectivity index is 1.69. The highest BCUT2D eigenvalue weighted by Gasteiger charge is 2.45. The normalized spacial score (nSPS) is 22.2. The standard InChI is InChI=1S/C22H27N3O4S/c1-16-9-11-18(12-10-16)30(26)15-20-21(29-22(2,3)28-20)19(24-25-23)14-27-13-17-7-5-4-6-8-17/h4-12,19-21H,13-15H2,1-3H3/t19-,20+,21+,30+/m1/s1.